The van der Waals surface area contributed by atoms with Crippen LogP contribution < -0.4 is 5.73 Å². The number of halogens is 1. The maximum atomic E-state index is 12.3. The Morgan fingerprint density at radius 2 is 2.24 bits per heavy atom. The molecular formula is C11H11FN2O2S. The van der Waals surface area contributed by atoms with Gasteiger partial charge in [0.25, 0.3) is 0 Å². The smallest absolute Gasteiger partial charge is 0.182 e. The number of benzene rings is 1. The van der Waals surface area contributed by atoms with Gasteiger partial charge in [-0.15, -0.1) is 0 Å². The maximum absolute atomic E-state index is 12.3. The molecule has 0 spiro atoms. The summed E-state index contributed by atoms with van der Waals surface area (Å²) in [5, 5.41) is 8.67. The molecule has 0 aliphatic rings. The van der Waals surface area contributed by atoms with Crippen molar-refractivity contribution in [2.45, 2.75) is 4.90 Å². The Labute approximate surface area is 99.1 Å². The largest absolute Gasteiger partial charge is 0.327 e. The van der Waals surface area contributed by atoms with Gasteiger partial charge >= 0.3 is 0 Å². The lowest BCUT2D eigenvalue weighted by molar-refractivity contribution is 0.596. The minimum absolute atomic E-state index is 0.00707. The number of rotatable bonds is 4. The highest BCUT2D eigenvalue weighted by molar-refractivity contribution is 7.91. The van der Waals surface area contributed by atoms with E-state index >= 15 is 0 Å². The molecule has 90 valence electrons. The van der Waals surface area contributed by atoms with Crippen molar-refractivity contribution >= 4 is 9.84 Å². The van der Waals surface area contributed by atoms with Gasteiger partial charge in [0, 0.05) is 6.54 Å². The zero-order valence-corrected chi connectivity index (χ0v) is 9.74. The lowest BCUT2D eigenvalue weighted by Crippen LogP contribution is -2.15. The first kappa shape index (κ1) is 13.4. The molecule has 17 heavy (non-hydrogen) atoms. The number of sulfone groups is 1. The lowest BCUT2D eigenvalue weighted by Gasteiger charge is -2.05. The second-order valence-electron chi connectivity index (χ2n) is 3.37. The van der Waals surface area contributed by atoms with Crippen molar-refractivity contribution in [3.63, 3.8) is 0 Å². The lowest BCUT2D eigenvalue weighted by atomic mass is 10.2. The summed E-state index contributed by atoms with van der Waals surface area (Å²) in [5.41, 5.74) is 5.43. The van der Waals surface area contributed by atoms with Gasteiger partial charge in [0.15, 0.2) is 9.84 Å². The van der Waals surface area contributed by atoms with Crippen LogP contribution in [0.3, 0.4) is 0 Å². The first-order chi connectivity index (χ1) is 8.03. The summed E-state index contributed by atoms with van der Waals surface area (Å²) >= 11 is 0. The van der Waals surface area contributed by atoms with E-state index in [2.05, 4.69) is 0 Å². The van der Waals surface area contributed by atoms with Gasteiger partial charge in [-0.2, -0.15) is 5.26 Å². The maximum Gasteiger partial charge on any atom is 0.182 e. The molecule has 0 aliphatic carbocycles. The van der Waals surface area contributed by atoms with Gasteiger partial charge in [0.05, 0.1) is 28.6 Å². The summed E-state index contributed by atoms with van der Waals surface area (Å²) < 4.78 is 36.0. The molecule has 0 heterocycles. The van der Waals surface area contributed by atoms with E-state index in [0.29, 0.717) is 0 Å². The Kier molecular flexibility index (Phi) is 4.37. The second-order valence-corrected chi connectivity index (χ2v) is 5.36. The van der Waals surface area contributed by atoms with Crippen LogP contribution in [0.1, 0.15) is 5.56 Å². The van der Waals surface area contributed by atoms with Gasteiger partial charge in [-0.1, -0.05) is 6.07 Å². The van der Waals surface area contributed by atoms with E-state index in [1.165, 1.54) is 24.3 Å². The molecule has 0 fully saturated rings. The molecule has 0 amide bonds. The molecule has 2 N–H and O–H groups in total. The fraction of sp³-hybridized carbons (Fsp3) is 0.182. The molecule has 0 bridgehead atoms. The zero-order valence-electron chi connectivity index (χ0n) is 8.93. The Balaban J connectivity index is 3.10. The fourth-order valence-electron chi connectivity index (χ4n) is 1.22. The Hall–Kier alpha value is -1.71. The van der Waals surface area contributed by atoms with Crippen molar-refractivity contribution in [3.8, 4) is 6.07 Å². The summed E-state index contributed by atoms with van der Waals surface area (Å²) in [5.74, 6) is -0.477. The van der Waals surface area contributed by atoms with Crippen LogP contribution in [0.15, 0.2) is 41.1 Å². The average molecular weight is 254 g/mol. The number of nitrogens with two attached hydrogens (primary N) is 1. The Morgan fingerprint density at radius 3 is 2.76 bits per heavy atom. The van der Waals surface area contributed by atoms with E-state index in [1.807, 2.05) is 6.07 Å². The minimum Gasteiger partial charge on any atom is -0.327 e. The van der Waals surface area contributed by atoms with Crippen LogP contribution in [-0.4, -0.2) is 20.7 Å². The second kappa shape index (κ2) is 5.57. The fourth-order valence-corrected chi connectivity index (χ4v) is 2.65. The number of hydrogen-bond donors (Lipinski definition) is 1. The zero-order chi connectivity index (χ0) is 12.9. The summed E-state index contributed by atoms with van der Waals surface area (Å²) in [7, 11) is -3.66. The van der Waals surface area contributed by atoms with Crippen molar-refractivity contribution < 1.29 is 12.8 Å². The minimum atomic E-state index is -3.66. The van der Waals surface area contributed by atoms with Gasteiger partial charge in [0.2, 0.25) is 0 Å². The monoisotopic (exact) mass is 254 g/mol. The molecule has 0 radical (unpaired) electrons. The van der Waals surface area contributed by atoms with Crippen molar-refractivity contribution in [1.82, 2.24) is 0 Å². The van der Waals surface area contributed by atoms with Gasteiger partial charge < -0.3 is 5.73 Å². The van der Waals surface area contributed by atoms with E-state index in [4.69, 9.17) is 11.0 Å². The standard InChI is InChI=1S/C11H11FN2O2S/c12-5-10(7-14)8-17(15,16)11-3-1-2-9(4-11)6-13/h1-5H,7-8,14H2. The molecule has 1 aromatic carbocycles. The van der Waals surface area contributed by atoms with Crippen molar-refractivity contribution in [2.75, 3.05) is 12.3 Å². The molecule has 0 unspecified atom stereocenters. The molecule has 0 saturated carbocycles. The van der Waals surface area contributed by atoms with Gasteiger partial charge in [0.1, 0.15) is 0 Å². The van der Waals surface area contributed by atoms with E-state index in [0.717, 1.165) is 0 Å². The van der Waals surface area contributed by atoms with Crippen LogP contribution in [0.5, 0.6) is 0 Å². The van der Waals surface area contributed by atoms with Crippen molar-refractivity contribution in [2.24, 2.45) is 5.73 Å². The molecule has 1 rings (SSSR count). The first-order valence-corrected chi connectivity index (χ1v) is 6.40. The SMILES string of the molecule is N#Cc1cccc(S(=O)(=O)CC(=CF)CN)c1. The molecular weight excluding hydrogens is 243 g/mol. The van der Waals surface area contributed by atoms with Crippen molar-refractivity contribution in [1.29, 1.82) is 5.26 Å². The van der Waals surface area contributed by atoms with Crippen LogP contribution in [0.2, 0.25) is 0 Å². The topological polar surface area (TPSA) is 84.0 Å². The highest BCUT2D eigenvalue weighted by Gasteiger charge is 2.16. The molecule has 1 aromatic rings. The van der Waals surface area contributed by atoms with E-state index in [1.54, 1.807) is 0 Å². The molecule has 6 heteroatoms. The van der Waals surface area contributed by atoms with Gasteiger partial charge in [-0.05, 0) is 23.8 Å². The number of hydrogen-bond acceptors (Lipinski definition) is 4. The average Bonchev–Trinajstić information content (AvgIpc) is 2.36. The summed E-state index contributed by atoms with van der Waals surface area (Å²) in [4.78, 5) is -0.00986. The Bertz CT molecular complexity index is 573. The molecule has 4 nitrogen and oxygen atoms in total. The predicted octanol–water partition coefficient (Wildman–Crippen LogP) is 1.14. The van der Waals surface area contributed by atoms with Crippen LogP contribution in [0.25, 0.3) is 0 Å². The Morgan fingerprint density at radius 1 is 1.53 bits per heavy atom. The van der Waals surface area contributed by atoms with E-state index in [-0.39, 0.29) is 28.9 Å². The third kappa shape index (κ3) is 3.37. The predicted molar refractivity (Wildman–Crippen MR) is 61.5 cm³/mol. The normalized spacial score (nSPS) is 12.2. The quantitative estimate of drug-likeness (QED) is 0.873. The van der Waals surface area contributed by atoms with Crippen molar-refractivity contribution in [3.05, 3.63) is 41.7 Å². The first-order valence-electron chi connectivity index (χ1n) is 4.74. The molecule has 0 aliphatic heterocycles. The molecule has 0 aromatic heterocycles. The summed E-state index contributed by atoms with van der Waals surface area (Å²) in [6, 6.07) is 7.42. The van der Waals surface area contributed by atoms with E-state index < -0.39 is 15.6 Å². The highest BCUT2D eigenvalue weighted by Crippen LogP contribution is 2.15. The van der Waals surface area contributed by atoms with E-state index in [9.17, 15) is 12.8 Å². The number of nitriles is 1. The van der Waals surface area contributed by atoms with Crippen LogP contribution in [0.4, 0.5) is 4.39 Å². The molecule has 0 saturated heterocycles. The highest BCUT2D eigenvalue weighted by atomic mass is 32.2. The summed E-state index contributed by atoms with van der Waals surface area (Å²) in [6.45, 7) is -0.159. The third-order valence-electron chi connectivity index (χ3n) is 2.11. The van der Waals surface area contributed by atoms with Gasteiger partial charge in [-0.25, -0.2) is 12.8 Å². The third-order valence-corrected chi connectivity index (χ3v) is 3.84. The van der Waals surface area contributed by atoms with Crippen LogP contribution >= 0.6 is 0 Å². The molecule has 0 atom stereocenters. The summed E-state index contributed by atoms with van der Waals surface area (Å²) in [6.07, 6.45) is 0.200. The van der Waals surface area contributed by atoms with Crippen LogP contribution in [-0.2, 0) is 9.84 Å². The van der Waals surface area contributed by atoms with Gasteiger partial charge in [-0.3, -0.25) is 0 Å². The number of nitrogens with zero attached hydrogens (tertiary/aromatic N) is 1. The van der Waals surface area contributed by atoms with Crippen LogP contribution in [0, 0.1) is 11.3 Å².